The molecular weight excluding hydrogens is 232 g/mol. The van der Waals surface area contributed by atoms with Crippen LogP contribution in [0.25, 0.3) is 10.1 Å². The molecule has 0 bridgehead atoms. The average molecular weight is 248 g/mol. The number of fused-ring (bicyclic) bond motifs is 1. The molecule has 2 aromatic rings. The van der Waals surface area contributed by atoms with Gasteiger partial charge >= 0.3 is 0 Å². The highest BCUT2D eigenvalue weighted by atomic mass is 32.1. The van der Waals surface area contributed by atoms with Crippen LogP contribution in [0.5, 0.6) is 5.88 Å². The monoisotopic (exact) mass is 248 g/mol. The van der Waals surface area contributed by atoms with Crippen LogP contribution in [0.15, 0.2) is 23.7 Å². The Morgan fingerprint density at radius 3 is 3.35 bits per heavy atom. The molecule has 3 rings (SSSR count). The molecule has 1 atom stereocenters. The first-order valence-electron chi connectivity index (χ1n) is 6.09. The van der Waals surface area contributed by atoms with Gasteiger partial charge in [-0.3, -0.25) is 0 Å². The maximum Gasteiger partial charge on any atom is 0.222 e. The van der Waals surface area contributed by atoms with Crippen molar-refractivity contribution in [3.8, 4) is 5.88 Å². The van der Waals surface area contributed by atoms with E-state index in [1.165, 1.54) is 17.5 Å². The zero-order chi connectivity index (χ0) is 11.5. The van der Waals surface area contributed by atoms with Gasteiger partial charge in [-0.25, -0.2) is 4.98 Å². The van der Waals surface area contributed by atoms with E-state index in [4.69, 9.17) is 4.74 Å². The molecule has 0 saturated carbocycles. The molecule has 0 aromatic carbocycles. The Labute approximate surface area is 105 Å². The van der Waals surface area contributed by atoms with Crippen molar-refractivity contribution in [3.05, 3.63) is 23.7 Å². The quantitative estimate of drug-likeness (QED) is 0.906. The molecule has 0 spiro atoms. The van der Waals surface area contributed by atoms with Crippen LogP contribution in [-0.4, -0.2) is 24.7 Å². The summed E-state index contributed by atoms with van der Waals surface area (Å²) in [6.45, 7) is 2.99. The van der Waals surface area contributed by atoms with Crippen LogP contribution in [0.4, 0.5) is 0 Å². The number of piperidine rings is 1. The Kier molecular flexibility index (Phi) is 3.25. The lowest BCUT2D eigenvalue weighted by molar-refractivity contribution is 0.214. The maximum atomic E-state index is 5.87. The fraction of sp³-hybridized carbons (Fsp3) is 0.462. The van der Waals surface area contributed by atoms with E-state index in [-0.39, 0.29) is 0 Å². The van der Waals surface area contributed by atoms with Gasteiger partial charge in [-0.2, -0.15) is 0 Å². The van der Waals surface area contributed by atoms with E-state index < -0.39 is 0 Å². The number of thiophene rings is 1. The summed E-state index contributed by atoms with van der Waals surface area (Å²) < 4.78 is 7.12. The average Bonchev–Trinajstić information content (AvgIpc) is 2.86. The van der Waals surface area contributed by atoms with Gasteiger partial charge in [0.2, 0.25) is 5.88 Å². The number of hydrogen-bond acceptors (Lipinski definition) is 4. The molecule has 1 unspecified atom stereocenters. The minimum atomic E-state index is 0.624. The van der Waals surface area contributed by atoms with Gasteiger partial charge in [-0.1, -0.05) is 0 Å². The predicted molar refractivity (Wildman–Crippen MR) is 70.7 cm³/mol. The molecule has 3 nitrogen and oxygen atoms in total. The van der Waals surface area contributed by atoms with Crippen molar-refractivity contribution in [2.24, 2.45) is 5.92 Å². The minimum Gasteiger partial charge on any atom is -0.477 e. The molecule has 0 amide bonds. The van der Waals surface area contributed by atoms with Crippen molar-refractivity contribution >= 4 is 21.4 Å². The molecule has 0 aliphatic carbocycles. The standard InChI is InChI=1S/C13H16N2OS/c1-2-10(8-14-5-1)9-16-13-11-4-7-17-12(11)3-6-15-13/h3-4,6-7,10,14H,1-2,5,8-9H2. The summed E-state index contributed by atoms with van der Waals surface area (Å²) >= 11 is 1.73. The molecular formula is C13H16N2OS. The largest absolute Gasteiger partial charge is 0.477 e. The van der Waals surface area contributed by atoms with Gasteiger partial charge in [0.15, 0.2) is 0 Å². The van der Waals surface area contributed by atoms with Gasteiger partial charge in [0.25, 0.3) is 0 Å². The predicted octanol–water partition coefficient (Wildman–Crippen LogP) is 2.67. The van der Waals surface area contributed by atoms with Crippen LogP contribution >= 0.6 is 11.3 Å². The van der Waals surface area contributed by atoms with E-state index in [0.29, 0.717) is 5.92 Å². The van der Waals surface area contributed by atoms with Gasteiger partial charge in [0, 0.05) is 23.4 Å². The second-order valence-electron chi connectivity index (χ2n) is 4.47. The lowest BCUT2D eigenvalue weighted by Gasteiger charge is -2.22. The van der Waals surface area contributed by atoms with E-state index in [1.54, 1.807) is 11.3 Å². The topological polar surface area (TPSA) is 34.1 Å². The molecule has 1 saturated heterocycles. The van der Waals surface area contributed by atoms with Gasteiger partial charge in [0.1, 0.15) is 0 Å². The summed E-state index contributed by atoms with van der Waals surface area (Å²) in [6.07, 6.45) is 4.34. The van der Waals surface area contributed by atoms with Crippen LogP contribution in [0.2, 0.25) is 0 Å². The molecule has 0 radical (unpaired) electrons. The molecule has 1 aliphatic heterocycles. The summed E-state index contributed by atoms with van der Waals surface area (Å²) in [5, 5.41) is 6.63. The van der Waals surface area contributed by atoms with Crippen molar-refractivity contribution in [2.45, 2.75) is 12.8 Å². The van der Waals surface area contributed by atoms with Crippen molar-refractivity contribution in [1.82, 2.24) is 10.3 Å². The van der Waals surface area contributed by atoms with Crippen LogP contribution in [0.1, 0.15) is 12.8 Å². The SMILES string of the molecule is c1cc2sccc2c(OCC2CCCNC2)n1. The van der Waals surface area contributed by atoms with E-state index in [9.17, 15) is 0 Å². The molecule has 1 fully saturated rings. The van der Waals surface area contributed by atoms with Crippen LogP contribution in [-0.2, 0) is 0 Å². The van der Waals surface area contributed by atoms with Crippen molar-refractivity contribution < 1.29 is 4.74 Å². The fourth-order valence-corrected chi connectivity index (χ4v) is 3.02. The molecule has 90 valence electrons. The van der Waals surface area contributed by atoms with Crippen LogP contribution in [0, 0.1) is 5.92 Å². The number of nitrogens with one attached hydrogen (secondary N) is 1. The van der Waals surface area contributed by atoms with Crippen LogP contribution in [0.3, 0.4) is 0 Å². The Hall–Kier alpha value is -1.13. The molecule has 4 heteroatoms. The molecule has 1 aliphatic rings. The third kappa shape index (κ3) is 2.42. The van der Waals surface area contributed by atoms with Crippen molar-refractivity contribution in [2.75, 3.05) is 19.7 Å². The second kappa shape index (κ2) is 5.02. The van der Waals surface area contributed by atoms with E-state index in [2.05, 4.69) is 21.7 Å². The second-order valence-corrected chi connectivity index (χ2v) is 5.42. The molecule has 1 N–H and O–H groups in total. The third-order valence-corrected chi connectivity index (χ3v) is 4.08. The van der Waals surface area contributed by atoms with Gasteiger partial charge in [-0.05, 0) is 36.9 Å². The number of hydrogen-bond donors (Lipinski definition) is 1. The summed E-state index contributed by atoms with van der Waals surface area (Å²) in [6, 6.07) is 4.12. The number of ether oxygens (including phenoxy) is 1. The van der Waals surface area contributed by atoms with Gasteiger partial charge in [0.05, 0.1) is 12.0 Å². The zero-order valence-electron chi connectivity index (χ0n) is 9.69. The molecule has 17 heavy (non-hydrogen) atoms. The van der Waals surface area contributed by atoms with E-state index in [0.717, 1.165) is 31.0 Å². The van der Waals surface area contributed by atoms with Crippen molar-refractivity contribution in [3.63, 3.8) is 0 Å². The highest BCUT2D eigenvalue weighted by Gasteiger charge is 2.14. The Balaban J connectivity index is 1.69. The first-order valence-corrected chi connectivity index (χ1v) is 6.97. The minimum absolute atomic E-state index is 0.624. The summed E-state index contributed by atoms with van der Waals surface area (Å²) in [5.74, 6) is 1.41. The summed E-state index contributed by atoms with van der Waals surface area (Å²) in [5.41, 5.74) is 0. The van der Waals surface area contributed by atoms with E-state index >= 15 is 0 Å². The Morgan fingerprint density at radius 1 is 1.47 bits per heavy atom. The first kappa shape index (κ1) is 11.0. The number of nitrogens with zero attached hydrogens (tertiary/aromatic N) is 1. The Bertz CT molecular complexity index is 491. The third-order valence-electron chi connectivity index (χ3n) is 3.20. The smallest absolute Gasteiger partial charge is 0.222 e. The number of rotatable bonds is 3. The summed E-state index contributed by atoms with van der Waals surface area (Å²) in [7, 11) is 0. The van der Waals surface area contributed by atoms with Gasteiger partial charge in [-0.15, -0.1) is 11.3 Å². The first-order chi connectivity index (χ1) is 8.43. The number of pyridine rings is 1. The van der Waals surface area contributed by atoms with Crippen LogP contribution < -0.4 is 10.1 Å². The fourth-order valence-electron chi connectivity index (χ4n) is 2.25. The van der Waals surface area contributed by atoms with Crippen molar-refractivity contribution in [1.29, 1.82) is 0 Å². The normalized spacial score (nSPS) is 20.6. The maximum absolute atomic E-state index is 5.87. The highest BCUT2D eigenvalue weighted by Crippen LogP contribution is 2.27. The lowest BCUT2D eigenvalue weighted by Crippen LogP contribution is -2.33. The highest BCUT2D eigenvalue weighted by molar-refractivity contribution is 7.17. The Morgan fingerprint density at radius 2 is 2.47 bits per heavy atom. The zero-order valence-corrected chi connectivity index (χ0v) is 10.5. The molecule has 2 aromatic heterocycles. The van der Waals surface area contributed by atoms with E-state index in [1.807, 2.05) is 12.3 Å². The lowest BCUT2D eigenvalue weighted by atomic mass is 10.0. The van der Waals surface area contributed by atoms with Gasteiger partial charge < -0.3 is 10.1 Å². The summed E-state index contributed by atoms with van der Waals surface area (Å²) in [4.78, 5) is 4.33. The number of aromatic nitrogens is 1. The molecule has 3 heterocycles.